The molecular weight excluding hydrogens is 236 g/mol. The van der Waals surface area contributed by atoms with Crippen LogP contribution >= 0.6 is 11.6 Å². The summed E-state index contributed by atoms with van der Waals surface area (Å²) in [5.74, 6) is -0.932. The second kappa shape index (κ2) is 4.60. The lowest BCUT2D eigenvalue weighted by atomic mass is 9.98. The van der Waals surface area contributed by atoms with Crippen LogP contribution in [0.25, 0.3) is 11.1 Å². The summed E-state index contributed by atoms with van der Waals surface area (Å²) < 4.78 is 0. The summed E-state index contributed by atoms with van der Waals surface area (Å²) in [4.78, 5) is 11.1. The van der Waals surface area contributed by atoms with Gasteiger partial charge in [0.05, 0.1) is 5.56 Å². The smallest absolute Gasteiger partial charge is 0.336 e. The maximum Gasteiger partial charge on any atom is 0.336 e. The summed E-state index contributed by atoms with van der Waals surface area (Å²) in [5.41, 5.74) is 2.81. The molecule has 0 fully saturated rings. The van der Waals surface area contributed by atoms with E-state index in [1.165, 1.54) is 0 Å². The summed E-state index contributed by atoms with van der Waals surface area (Å²) in [5, 5.41) is 9.74. The molecule has 2 nitrogen and oxygen atoms in total. The van der Waals surface area contributed by atoms with E-state index in [0.717, 1.165) is 11.1 Å². The quantitative estimate of drug-likeness (QED) is 0.869. The zero-order valence-corrected chi connectivity index (χ0v) is 10.0. The first-order valence-electron chi connectivity index (χ1n) is 5.18. The second-order valence-corrected chi connectivity index (χ2v) is 4.30. The first-order valence-corrected chi connectivity index (χ1v) is 5.55. The maximum absolute atomic E-state index is 11.1. The van der Waals surface area contributed by atoms with Gasteiger partial charge >= 0.3 is 5.97 Å². The van der Waals surface area contributed by atoms with E-state index in [1.807, 2.05) is 25.1 Å². The van der Waals surface area contributed by atoms with Crippen LogP contribution in [-0.4, -0.2) is 11.1 Å². The van der Waals surface area contributed by atoms with Gasteiger partial charge < -0.3 is 5.11 Å². The molecule has 2 aromatic rings. The number of carboxylic acids is 1. The normalized spacial score (nSPS) is 10.2. The van der Waals surface area contributed by atoms with Crippen LogP contribution in [0.15, 0.2) is 42.5 Å². The third-order valence-electron chi connectivity index (χ3n) is 2.51. The Morgan fingerprint density at radius 3 is 2.53 bits per heavy atom. The molecule has 0 saturated carbocycles. The Morgan fingerprint density at radius 2 is 1.88 bits per heavy atom. The van der Waals surface area contributed by atoms with Gasteiger partial charge in [-0.3, -0.25) is 0 Å². The fraction of sp³-hybridized carbons (Fsp3) is 0.0714. The zero-order chi connectivity index (χ0) is 12.4. The largest absolute Gasteiger partial charge is 0.478 e. The van der Waals surface area contributed by atoms with Crippen molar-refractivity contribution >= 4 is 17.6 Å². The summed E-state index contributed by atoms with van der Waals surface area (Å²) in [6.45, 7) is 1.93. The Kier molecular flexibility index (Phi) is 3.16. The summed E-state index contributed by atoms with van der Waals surface area (Å²) in [6, 6.07) is 12.4. The predicted octanol–water partition coefficient (Wildman–Crippen LogP) is 4.01. The SMILES string of the molecule is Cc1cc(Cl)cc(-c2ccccc2C(=O)O)c1. The van der Waals surface area contributed by atoms with Crippen molar-refractivity contribution in [2.45, 2.75) is 6.92 Å². The number of aryl methyl sites for hydroxylation is 1. The van der Waals surface area contributed by atoms with Gasteiger partial charge in [0.15, 0.2) is 0 Å². The van der Waals surface area contributed by atoms with Crippen molar-refractivity contribution in [1.82, 2.24) is 0 Å². The molecule has 0 aliphatic rings. The molecule has 0 aromatic heterocycles. The molecule has 0 atom stereocenters. The molecule has 17 heavy (non-hydrogen) atoms. The highest BCUT2D eigenvalue weighted by molar-refractivity contribution is 6.31. The Labute approximate surface area is 104 Å². The van der Waals surface area contributed by atoms with Crippen LogP contribution in [-0.2, 0) is 0 Å². The minimum absolute atomic E-state index is 0.286. The van der Waals surface area contributed by atoms with Crippen molar-refractivity contribution in [3.63, 3.8) is 0 Å². The first-order chi connectivity index (χ1) is 8.08. The molecule has 2 rings (SSSR count). The molecule has 3 heteroatoms. The number of rotatable bonds is 2. The topological polar surface area (TPSA) is 37.3 Å². The summed E-state index contributed by atoms with van der Waals surface area (Å²) in [7, 11) is 0. The van der Waals surface area contributed by atoms with Crippen molar-refractivity contribution in [3.8, 4) is 11.1 Å². The molecule has 0 spiro atoms. The van der Waals surface area contributed by atoms with Gasteiger partial charge in [-0.05, 0) is 41.8 Å². The molecular formula is C14H11ClO2. The Hall–Kier alpha value is -1.80. The number of aromatic carboxylic acids is 1. The van der Waals surface area contributed by atoms with Gasteiger partial charge in [0, 0.05) is 5.02 Å². The van der Waals surface area contributed by atoms with Crippen LogP contribution in [0.3, 0.4) is 0 Å². The van der Waals surface area contributed by atoms with Crippen LogP contribution in [0.5, 0.6) is 0 Å². The average molecular weight is 247 g/mol. The second-order valence-electron chi connectivity index (χ2n) is 3.87. The van der Waals surface area contributed by atoms with Crippen molar-refractivity contribution in [2.24, 2.45) is 0 Å². The third-order valence-corrected chi connectivity index (χ3v) is 2.73. The molecule has 0 bridgehead atoms. The monoisotopic (exact) mass is 246 g/mol. The highest BCUT2D eigenvalue weighted by atomic mass is 35.5. The lowest BCUT2D eigenvalue weighted by Gasteiger charge is -2.07. The minimum Gasteiger partial charge on any atom is -0.478 e. The van der Waals surface area contributed by atoms with Gasteiger partial charge in [-0.25, -0.2) is 4.79 Å². The lowest BCUT2D eigenvalue weighted by molar-refractivity contribution is 0.0697. The molecule has 0 radical (unpaired) electrons. The van der Waals surface area contributed by atoms with Gasteiger partial charge in [-0.15, -0.1) is 0 Å². The van der Waals surface area contributed by atoms with E-state index in [9.17, 15) is 4.79 Å². The summed E-state index contributed by atoms with van der Waals surface area (Å²) in [6.07, 6.45) is 0. The van der Waals surface area contributed by atoms with Gasteiger partial charge in [-0.1, -0.05) is 35.9 Å². The number of halogens is 1. The number of hydrogen-bond donors (Lipinski definition) is 1. The number of benzene rings is 2. The molecule has 0 aliphatic heterocycles. The van der Waals surface area contributed by atoms with E-state index in [1.54, 1.807) is 24.3 Å². The van der Waals surface area contributed by atoms with E-state index in [2.05, 4.69) is 0 Å². The number of carboxylic acid groups (broad SMARTS) is 1. The fourth-order valence-corrected chi connectivity index (χ4v) is 2.10. The zero-order valence-electron chi connectivity index (χ0n) is 9.27. The molecule has 0 unspecified atom stereocenters. The Balaban J connectivity index is 2.64. The van der Waals surface area contributed by atoms with E-state index >= 15 is 0 Å². The Bertz CT molecular complexity index is 556. The molecule has 86 valence electrons. The summed E-state index contributed by atoms with van der Waals surface area (Å²) >= 11 is 5.98. The standard InChI is InChI=1S/C14H11ClO2/c1-9-6-10(8-11(15)7-9)12-4-2-3-5-13(12)14(16)17/h2-8H,1H3,(H,16,17). The molecule has 0 aliphatic carbocycles. The van der Waals surface area contributed by atoms with Crippen LogP contribution in [0.1, 0.15) is 15.9 Å². The van der Waals surface area contributed by atoms with Crippen molar-refractivity contribution in [3.05, 3.63) is 58.6 Å². The van der Waals surface area contributed by atoms with Crippen LogP contribution in [0.2, 0.25) is 5.02 Å². The van der Waals surface area contributed by atoms with E-state index in [-0.39, 0.29) is 5.56 Å². The van der Waals surface area contributed by atoms with Crippen LogP contribution < -0.4 is 0 Å². The van der Waals surface area contributed by atoms with Crippen molar-refractivity contribution in [2.75, 3.05) is 0 Å². The molecule has 2 aromatic carbocycles. The molecule has 0 amide bonds. The first kappa shape index (κ1) is 11.7. The van der Waals surface area contributed by atoms with E-state index < -0.39 is 5.97 Å². The fourth-order valence-electron chi connectivity index (χ4n) is 1.81. The number of hydrogen-bond acceptors (Lipinski definition) is 1. The molecule has 0 saturated heterocycles. The number of carbonyl (C=O) groups is 1. The van der Waals surface area contributed by atoms with Crippen LogP contribution in [0, 0.1) is 6.92 Å². The van der Waals surface area contributed by atoms with Gasteiger partial charge in [0.2, 0.25) is 0 Å². The average Bonchev–Trinajstić information content (AvgIpc) is 2.27. The van der Waals surface area contributed by atoms with Gasteiger partial charge in [0.25, 0.3) is 0 Å². The van der Waals surface area contributed by atoms with Gasteiger partial charge in [-0.2, -0.15) is 0 Å². The van der Waals surface area contributed by atoms with Crippen molar-refractivity contribution in [1.29, 1.82) is 0 Å². The van der Waals surface area contributed by atoms with E-state index in [0.29, 0.717) is 10.6 Å². The third kappa shape index (κ3) is 2.48. The van der Waals surface area contributed by atoms with Gasteiger partial charge in [0.1, 0.15) is 0 Å². The minimum atomic E-state index is -0.932. The van der Waals surface area contributed by atoms with Crippen LogP contribution in [0.4, 0.5) is 0 Å². The maximum atomic E-state index is 11.1. The molecule has 0 heterocycles. The highest BCUT2D eigenvalue weighted by Gasteiger charge is 2.11. The predicted molar refractivity (Wildman–Crippen MR) is 68.6 cm³/mol. The lowest BCUT2D eigenvalue weighted by Crippen LogP contribution is -1.99. The van der Waals surface area contributed by atoms with E-state index in [4.69, 9.17) is 16.7 Å². The van der Waals surface area contributed by atoms with Crippen molar-refractivity contribution < 1.29 is 9.90 Å². The Morgan fingerprint density at radius 1 is 1.18 bits per heavy atom. The highest BCUT2D eigenvalue weighted by Crippen LogP contribution is 2.27. The molecule has 1 N–H and O–H groups in total.